The SMILES string of the molecule is COc1ccccc1[C@H](C)NC(C)C(=O)O. The Hall–Kier alpha value is -1.55. The quantitative estimate of drug-likeness (QED) is 0.799. The highest BCUT2D eigenvalue weighted by atomic mass is 16.5. The molecule has 0 aliphatic carbocycles. The zero-order valence-corrected chi connectivity index (χ0v) is 9.73. The van der Waals surface area contributed by atoms with E-state index in [0.717, 1.165) is 11.3 Å². The minimum atomic E-state index is -0.859. The average Bonchev–Trinajstić information content (AvgIpc) is 2.28. The summed E-state index contributed by atoms with van der Waals surface area (Å²) in [6.07, 6.45) is 0. The van der Waals surface area contributed by atoms with Gasteiger partial charge in [-0.2, -0.15) is 0 Å². The van der Waals surface area contributed by atoms with E-state index >= 15 is 0 Å². The number of methoxy groups -OCH3 is 1. The molecule has 88 valence electrons. The number of rotatable bonds is 5. The standard InChI is InChI=1S/C12H17NO3/c1-8(13-9(2)12(14)15)10-6-4-5-7-11(10)16-3/h4-9,13H,1-3H3,(H,14,15)/t8-,9?/m0/s1. The molecule has 0 spiro atoms. The van der Waals surface area contributed by atoms with Gasteiger partial charge in [0.1, 0.15) is 11.8 Å². The van der Waals surface area contributed by atoms with Crippen molar-refractivity contribution in [3.8, 4) is 5.75 Å². The molecule has 0 radical (unpaired) electrons. The number of nitrogens with one attached hydrogen (secondary N) is 1. The van der Waals surface area contributed by atoms with Crippen LogP contribution in [0.5, 0.6) is 5.75 Å². The predicted octanol–water partition coefficient (Wildman–Crippen LogP) is 1.82. The van der Waals surface area contributed by atoms with Gasteiger partial charge in [0.2, 0.25) is 0 Å². The van der Waals surface area contributed by atoms with E-state index in [4.69, 9.17) is 9.84 Å². The summed E-state index contributed by atoms with van der Waals surface area (Å²) in [5.41, 5.74) is 0.957. The van der Waals surface area contributed by atoms with E-state index < -0.39 is 12.0 Å². The largest absolute Gasteiger partial charge is 0.496 e. The maximum atomic E-state index is 10.7. The normalized spacial score (nSPS) is 14.2. The highest BCUT2D eigenvalue weighted by Gasteiger charge is 2.16. The highest BCUT2D eigenvalue weighted by Crippen LogP contribution is 2.24. The van der Waals surface area contributed by atoms with Gasteiger partial charge in [-0.15, -0.1) is 0 Å². The lowest BCUT2D eigenvalue weighted by Gasteiger charge is -2.19. The number of ether oxygens (including phenoxy) is 1. The van der Waals surface area contributed by atoms with Crippen LogP contribution in [0.4, 0.5) is 0 Å². The molecule has 0 amide bonds. The van der Waals surface area contributed by atoms with Crippen LogP contribution in [0, 0.1) is 0 Å². The van der Waals surface area contributed by atoms with E-state index in [9.17, 15) is 4.79 Å². The number of carboxylic acids is 1. The lowest BCUT2D eigenvalue weighted by Crippen LogP contribution is -2.35. The Kier molecular flexibility index (Phi) is 4.31. The van der Waals surface area contributed by atoms with E-state index in [1.54, 1.807) is 14.0 Å². The number of carbonyl (C=O) groups is 1. The summed E-state index contributed by atoms with van der Waals surface area (Å²) in [6, 6.07) is 6.92. The summed E-state index contributed by atoms with van der Waals surface area (Å²) < 4.78 is 5.22. The van der Waals surface area contributed by atoms with Gasteiger partial charge in [0, 0.05) is 11.6 Å². The second-order valence-electron chi connectivity index (χ2n) is 3.69. The molecule has 16 heavy (non-hydrogen) atoms. The first-order valence-corrected chi connectivity index (χ1v) is 5.18. The smallest absolute Gasteiger partial charge is 0.320 e. The van der Waals surface area contributed by atoms with Gasteiger partial charge >= 0.3 is 5.97 Å². The van der Waals surface area contributed by atoms with Crippen molar-refractivity contribution in [2.24, 2.45) is 0 Å². The molecule has 0 saturated heterocycles. The van der Waals surface area contributed by atoms with Crippen LogP contribution < -0.4 is 10.1 Å². The fourth-order valence-corrected chi connectivity index (χ4v) is 1.56. The molecule has 0 bridgehead atoms. The molecule has 0 aliphatic heterocycles. The Morgan fingerprint density at radius 1 is 1.38 bits per heavy atom. The Bertz CT molecular complexity index is 365. The van der Waals surface area contributed by atoms with Crippen molar-refractivity contribution in [2.75, 3.05) is 7.11 Å². The topological polar surface area (TPSA) is 58.6 Å². The Labute approximate surface area is 95.2 Å². The van der Waals surface area contributed by atoms with Gasteiger partial charge < -0.3 is 9.84 Å². The summed E-state index contributed by atoms with van der Waals surface area (Å²) in [5.74, 6) is -0.0955. The molecular weight excluding hydrogens is 206 g/mol. The Morgan fingerprint density at radius 3 is 2.56 bits per heavy atom. The first-order valence-electron chi connectivity index (χ1n) is 5.18. The maximum absolute atomic E-state index is 10.7. The number of benzene rings is 1. The van der Waals surface area contributed by atoms with Gasteiger partial charge in [-0.3, -0.25) is 10.1 Å². The van der Waals surface area contributed by atoms with Gasteiger partial charge in [-0.1, -0.05) is 18.2 Å². The van der Waals surface area contributed by atoms with E-state index in [1.165, 1.54) is 0 Å². The highest BCUT2D eigenvalue weighted by molar-refractivity contribution is 5.72. The van der Waals surface area contributed by atoms with Crippen LogP contribution >= 0.6 is 0 Å². The first-order chi connectivity index (χ1) is 7.56. The second kappa shape index (κ2) is 5.51. The molecular formula is C12H17NO3. The number of hydrogen-bond acceptors (Lipinski definition) is 3. The zero-order chi connectivity index (χ0) is 12.1. The molecule has 0 aliphatic rings. The minimum Gasteiger partial charge on any atom is -0.496 e. The Balaban J connectivity index is 2.79. The zero-order valence-electron chi connectivity index (χ0n) is 9.73. The molecule has 2 atom stereocenters. The maximum Gasteiger partial charge on any atom is 0.320 e. The summed E-state index contributed by atoms with van der Waals surface area (Å²) in [5, 5.41) is 11.8. The third-order valence-corrected chi connectivity index (χ3v) is 2.48. The molecule has 1 aromatic rings. The van der Waals surface area contributed by atoms with Gasteiger partial charge in [0.05, 0.1) is 7.11 Å². The molecule has 0 heterocycles. The van der Waals surface area contributed by atoms with Crippen molar-refractivity contribution in [3.63, 3.8) is 0 Å². The molecule has 0 fully saturated rings. The molecule has 0 aromatic heterocycles. The fourth-order valence-electron chi connectivity index (χ4n) is 1.56. The van der Waals surface area contributed by atoms with Crippen molar-refractivity contribution >= 4 is 5.97 Å². The lowest BCUT2D eigenvalue weighted by atomic mass is 10.1. The Morgan fingerprint density at radius 2 is 2.00 bits per heavy atom. The van der Waals surface area contributed by atoms with Crippen molar-refractivity contribution < 1.29 is 14.6 Å². The molecule has 4 nitrogen and oxygen atoms in total. The second-order valence-corrected chi connectivity index (χ2v) is 3.69. The average molecular weight is 223 g/mol. The van der Waals surface area contributed by atoms with Crippen molar-refractivity contribution in [1.82, 2.24) is 5.32 Å². The minimum absolute atomic E-state index is 0.0674. The number of aliphatic carboxylic acids is 1. The van der Waals surface area contributed by atoms with Gasteiger partial charge in [0.15, 0.2) is 0 Å². The van der Waals surface area contributed by atoms with Crippen LogP contribution in [0.25, 0.3) is 0 Å². The molecule has 1 unspecified atom stereocenters. The predicted molar refractivity (Wildman–Crippen MR) is 61.6 cm³/mol. The van der Waals surface area contributed by atoms with E-state index in [-0.39, 0.29) is 6.04 Å². The van der Waals surface area contributed by atoms with Crippen LogP contribution in [0.15, 0.2) is 24.3 Å². The number of hydrogen-bond donors (Lipinski definition) is 2. The van der Waals surface area contributed by atoms with Crippen LogP contribution in [0.1, 0.15) is 25.5 Å². The summed E-state index contributed by atoms with van der Waals surface area (Å²) >= 11 is 0. The van der Waals surface area contributed by atoms with Gasteiger partial charge in [0.25, 0.3) is 0 Å². The summed E-state index contributed by atoms with van der Waals surface area (Å²) in [6.45, 7) is 3.53. The molecule has 4 heteroatoms. The molecule has 0 saturated carbocycles. The van der Waals surface area contributed by atoms with E-state index in [1.807, 2.05) is 31.2 Å². The molecule has 1 rings (SSSR count). The third kappa shape index (κ3) is 2.97. The fraction of sp³-hybridized carbons (Fsp3) is 0.417. The first kappa shape index (κ1) is 12.5. The number of carboxylic acid groups (broad SMARTS) is 1. The van der Waals surface area contributed by atoms with Crippen molar-refractivity contribution in [1.29, 1.82) is 0 Å². The van der Waals surface area contributed by atoms with Crippen molar-refractivity contribution in [3.05, 3.63) is 29.8 Å². The van der Waals surface area contributed by atoms with Crippen molar-refractivity contribution in [2.45, 2.75) is 25.9 Å². The van der Waals surface area contributed by atoms with Crippen LogP contribution in [0.2, 0.25) is 0 Å². The summed E-state index contributed by atoms with van der Waals surface area (Å²) in [7, 11) is 1.60. The van der Waals surface area contributed by atoms with Crippen LogP contribution in [0.3, 0.4) is 0 Å². The monoisotopic (exact) mass is 223 g/mol. The van der Waals surface area contributed by atoms with Gasteiger partial charge in [-0.05, 0) is 19.9 Å². The molecule has 2 N–H and O–H groups in total. The van der Waals surface area contributed by atoms with Crippen LogP contribution in [-0.2, 0) is 4.79 Å². The lowest BCUT2D eigenvalue weighted by molar-refractivity contribution is -0.139. The van der Waals surface area contributed by atoms with Gasteiger partial charge in [-0.25, -0.2) is 0 Å². The van der Waals surface area contributed by atoms with Crippen LogP contribution in [-0.4, -0.2) is 24.2 Å². The van der Waals surface area contributed by atoms with E-state index in [0.29, 0.717) is 0 Å². The van der Waals surface area contributed by atoms with E-state index in [2.05, 4.69) is 5.32 Å². The summed E-state index contributed by atoms with van der Waals surface area (Å²) in [4.78, 5) is 10.7. The number of para-hydroxylation sites is 1. The molecule has 1 aromatic carbocycles. The third-order valence-electron chi connectivity index (χ3n) is 2.48.